The maximum Gasteiger partial charge on any atom is 0.324 e. The lowest BCUT2D eigenvalue weighted by atomic mass is 10.1. The number of hydrogen-bond acceptors (Lipinski definition) is 4. The molecule has 1 saturated heterocycles. The van der Waals surface area contributed by atoms with Gasteiger partial charge >= 0.3 is 6.03 Å². The fourth-order valence-corrected chi connectivity index (χ4v) is 2.48. The molecule has 2 rings (SSSR count). The quantitative estimate of drug-likeness (QED) is 0.579. The number of halogens is 1. The molecule has 2 N–H and O–H groups in total. The topological polar surface area (TPSA) is 78.9 Å². The lowest BCUT2D eigenvalue weighted by molar-refractivity contribution is -0.128. The number of hydrogen-bond donors (Lipinski definition) is 2. The van der Waals surface area contributed by atoms with Crippen LogP contribution in [0.3, 0.4) is 0 Å². The number of β-amino-alcohol motifs (C(OH)–C–C–N with tert-alkyl or cyclic N) is 1. The van der Waals surface area contributed by atoms with Gasteiger partial charge in [0, 0.05) is 11.4 Å². The summed E-state index contributed by atoms with van der Waals surface area (Å²) in [7, 11) is 0. The van der Waals surface area contributed by atoms with E-state index in [-0.39, 0.29) is 25.7 Å². The van der Waals surface area contributed by atoms with Crippen LogP contribution in [-0.2, 0) is 9.53 Å². The average Bonchev–Trinajstić information content (AvgIpc) is 2.81. The van der Waals surface area contributed by atoms with Crippen molar-refractivity contribution < 1.29 is 19.4 Å². The Morgan fingerprint density at radius 2 is 2.08 bits per heavy atom. The molecule has 7 heteroatoms. The third-order valence-corrected chi connectivity index (χ3v) is 3.95. The molecule has 6 nitrogen and oxygen atoms in total. The second kappa shape index (κ2) is 8.15. The van der Waals surface area contributed by atoms with Gasteiger partial charge in [0.05, 0.1) is 25.4 Å². The van der Waals surface area contributed by atoms with Crippen molar-refractivity contribution in [3.05, 3.63) is 34.9 Å². The van der Waals surface area contributed by atoms with E-state index in [1.54, 1.807) is 12.1 Å². The normalized spacial score (nSPS) is 19.8. The van der Waals surface area contributed by atoms with Crippen LogP contribution < -0.4 is 5.32 Å². The molecule has 1 aliphatic heterocycles. The van der Waals surface area contributed by atoms with E-state index < -0.39 is 24.1 Å². The van der Waals surface area contributed by atoms with E-state index in [1.807, 2.05) is 19.1 Å². The van der Waals surface area contributed by atoms with Crippen molar-refractivity contribution in [3.63, 3.8) is 0 Å². The molecule has 3 amide bonds. The molecular weight excluding hydrogens is 332 g/mol. The number of rotatable bonds is 7. The Hall–Kier alpha value is -2.07. The third-order valence-electron chi connectivity index (χ3n) is 3.70. The van der Waals surface area contributed by atoms with Crippen molar-refractivity contribution in [3.8, 4) is 12.3 Å². The molecule has 0 aliphatic carbocycles. The van der Waals surface area contributed by atoms with Gasteiger partial charge < -0.3 is 15.2 Å². The third kappa shape index (κ3) is 4.48. The molecule has 128 valence electrons. The van der Waals surface area contributed by atoms with Crippen molar-refractivity contribution in [1.29, 1.82) is 0 Å². The Morgan fingerprint density at radius 1 is 1.42 bits per heavy atom. The number of aliphatic hydroxyl groups excluding tert-OH is 1. The van der Waals surface area contributed by atoms with E-state index in [1.165, 1.54) is 0 Å². The van der Waals surface area contributed by atoms with Crippen LogP contribution in [0.15, 0.2) is 24.3 Å². The highest BCUT2D eigenvalue weighted by molar-refractivity contribution is 6.30. The molecule has 1 heterocycles. The van der Waals surface area contributed by atoms with Crippen molar-refractivity contribution in [2.75, 3.05) is 13.2 Å². The number of urea groups is 1. The van der Waals surface area contributed by atoms with E-state index in [2.05, 4.69) is 11.2 Å². The molecule has 0 radical (unpaired) electrons. The zero-order chi connectivity index (χ0) is 17.7. The van der Waals surface area contributed by atoms with Crippen LogP contribution in [0.5, 0.6) is 0 Å². The van der Waals surface area contributed by atoms with Gasteiger partial charge in [0.2, 0.25) is 0 Å². The molecule has 0 saturated carbocycles. The van der Waals surface area contributed by atoms with Crippen LogP contribution in [0.25, 0.3) is 0 Å². The summed E-state index contributed by atoms with van der Waals surface area (Å²) in [5.41, 5.74) is 0.913. The van der Waals surface area contributed by atoms with Crippen molar-refractivity contribution >= 4 is 23.5 Å². The monoisotopic (exact) mass is 350 g/mol. The first-order valence-electron chi connectivity index (χ1n) is 7.52. The number of imide groups is 1. The summed E-state index contributed by atoms with van der Waals surface area (Å²) in [5.74, 6) is 1.91. The van der Waals surface area contributed by atoms with Crippen LogP contribution in [0.4, 0.5) is 4.79 Å². The molecule has 1 aromatic carbocycles. The zero-order valence-electron chi connectivity index (χ0n) is 13.2. The van der Waals surface area contributed by atoms with E-state index in [0.29, 0.717) is 5.02 Å². The number of benzene rings is 1. The Bertz CT molecular complexity index is 641. The van der Waals surface area contributed by atoms with Crippen LogP contribution in [0.2, 0.25) is 5.02 Å². The van der Waals surface area contributed by atoms with Gasteiger partial charge in [-0.2, -0.15) is 0 Å². The van der Waals surface area contributed by atoms with Gasteiger partial charge in [-0.25, -0.2) is 4.79 Å². The fourth-order valence-electron chi connectivity index (χ4n) is 2.35. The lowest BCUT2D eigenvalue weighted by Crippen LogP contribution is -2.39. The standard InChI is InChI=1S/C17H19ClN2O4/c1-3-4-15-16(22)20(17(23)19-15)9-14(21)10-24-11(2)12-5-7-13(18)8-6-12/h1,5-8,11,14-15,21H,4,9-10H2,2H3,(H,19,23)/t11-,14+,15-/m0/s1. The highest BCUT2D eigenvalue weighted by Crippen LogP contribution is 2.19. The predicted molar refractivity (Wildman–Crippen MR) is 89.3 cm³/mol. The number of nitrogens with zero attached hydrogens (tertiary/aromatic N) is 1. The second-order valence-corrected chi connectivity index (χ2v) is 5.98. The maximum absolute atomic E-state index is 12.0. The van der Waals surface area contributed by atoms with Gasteiger partial charge in [-0.15, -0.1) is 12.3 Å². The van der Waals surface area contributed by atoms with Crippen LogP contribution >= 0.6 is 11.6 Å². The Morgan fingerprint density at radius 3 is 2.71 bits per heavy atom. The zero-order valence-corrected chi connectivity index (χ0v) is 14.0. The van der Waals surface area contributed by atoms with Crippen molar-refractivity contribution in [2.45, 2.75) is 31.6 Å². The number of carbonyl (C=O) groups excluding carboxylic acids is 2. The summed E-state index contributed by atoms with van der Waals surface area (Å²) in [6.45, 7) is 1.69. The number of amides is 3. The second-order valence-electron chi connectivity index (χ2n) is 5.54. The van der Waals surface area contributed by atoms with E-state index in [0.717, 1.165) is 10.5 Å². The van der Waals surface area contributed by atoms with Crippen molar-refractivity contribution in [2.24, 2.45) is 0 Å². The highest BCUT2D eigenvalue weighted by atomic mass is 35.5. The molecule has 0 aromatic heterocycles. The Labute approximate surface area is 145 Å². The molecule has 24 heavy (non-hydrogen) atoms. The summed E-state index contributed by atoms with van der Waals surface area (Å²) in [5, 5.41) is 13.2. The first kappa shape index (κ1) is 18.3. The minimum atomic E-state index is -0.987. The molecule has 1 fully saturated rings. The van der Waals surface area contributed by atoms with Crippen LogP contribution in [-0.4, -0.2) is 47.2 Å². The molecule has 0 spiro atoms. The molecule has 1 aliphatic rings. The fraction of sp³-hybridized carbons (Fsp3) is 0.412. The smallest absolute Gasteiger partial charge is 0.324 e. The largest absolute Gasteiger partial charge is 0.389 e. The van der Waals surface area contributed by atoms with Gasteiger partial charge in [-0.1, -0.05) is 23.7 Å². The summed E-state index contributed by atoms with van der Waals surface area (Å²) in [6.07, 6.45) is 4.04. The van der Waals surface area contributed by atoms with E-state index in [9.17, 15) is 14.7 Å². The summed E-state index contributed by atoms with van der Waals surface area (Å²) >= 11 is 5.83. The number of nitrogens with one attached hydrogen (secondary N) is 1. The SMILES string of the molecule is C#CC[C@@H]1NC(=O)N(C[C@@H](O)CO[C@@H](C)c2ccc(Cl)cc2)C1=O. The van der Waals surface area contributed by atoms with E-state index in [4.69, 9.17) is 22.8 Å². The molecule has 0 bridgehead atoms. The summed E-state index contributed by atoms with van der Waals surface area (Å²) in [6, 6.07) is 5.91. The van der Waals surface area contributed by atoms with E-state index >= 15 is 0 Å². The summed E-state index contributed by atoms with van der Waals surface area (Å²) in [4.78, 5) is 24.7. The lowest BCUT2D eigenvalue weighted by Gasteiger charge is -2.20. The molecular formula is C17H19ClN2O4. The van der Waals surface area contributed by atoms with Gasteiger partial charge in [-0.05, 0) is 24.6 Å². The number of carbonyl (C=O) groups is 2. The van der Waals surface area contributed by atoms with Crippen molar-refractivity contribution in [1.82, 2.24) is 10.2 Å². The number of terminal acetylenes is 1. The maximum atomic E-state index is 12.0. The van der Waals surface area contributed by atoms with Crippen LogP contribution in [0, 0.1) is 12.3 Å². The first-order valence-corrected chi connectivity index (χ1v) is 7.90. The van der Waals surface area contributed by atoms with Gasteiger partial charge in [0.25, 0.3) is 5.91 Å². The van der Waals surface area contributed by atoms with Crippen LogP contribution in [0.1, 0.15) is 25.0 Å². The first-order chi connectivity index (χ1) is 11.4. The molecule has 3 atom stereocenters. The molecule has 0 unspecified atom stereocenters. The Balaban J connectivity index is 1.84. The average molecular weight is 351 g/mol. The molecule has 1 aromatic rings. The number of ether oxygens (including phenoxy) is 1. The van der Waals surface area contributed by atoms with Gasteiger partial charge in [0.1, 0.15) is 6.04 Å². The van der Waals surface area contributed by atoms with Gasteiger partial charge in [-0.3, -0.25) is 9.69 Å². The minimum absolute atomic E-state index is 0.0132. The predicted octanol–water partition coefficient (Wildman–Crippen LogP) is 1.72. The minimum Gasteiger partial charge on any atom is -0.389 e. The summed E-state index contributed by atoms with van der Waals surface area (Å²) < 4.78 is 5.59. The highest BCUT2D eigenvalue weighted by Gasteiger charge is 2.38. The van der Waals surface area contributed by atoms with Gasteiger partial charge in [0.15, 0.2) is 0 Å². The number of aliphatic hydroxyl groups is 1. The Kier molecular flexibility index (Phi) is 6.21.